The van der Waals surface area contributed by atoms with Crippen LogP contribution in [0.25, 0.3) is 0 Å². The van der Waals surface area contributed by atoms with Crippen molar-refractivity contribution in [1.82, 2.24) is 14.9 Å². The standard InChI is InChI=1S/C23H31N3O/c1-4-13-25-21(7-1)22(12-17-27-23(18-22)9-2-3-10-23)11-14-24-19-8-16-26-15-5-6-20(19)26/h1,4-7,13,15,19,24H,2-3,8-12,14,16-18H2/t19-,22+/m0/s1. The van der Waals surface area contributed by atoms with Gasteiger partial charge in [-0.05, 0) is 69.3 Å². The summed E-state index contributed by atoms with van der Waals surface area (Å²) >= 11 is 0. The highest BCUT2D eigenvalue weighted by Crippen LogP contribution is 2.49. The summed E-state index contributed by atoms with van der Waals surface area (Å²) in [5.41, 5.74) is 2.98. The minimum absolute atomic E-state index is 0.109. The van der Waals surface area contributed by atoms with Crippen LogP contribution in [-0.2, 0) is 16.7 Å². The lowest BCUT2D eigenvalue weighted by atomic mass is 9.68. The van der Waals surface area contributed by atoms with Crippen molar-refractivity contribution in [2.45, 2.75) is 75.0 Å². The van der Waals surface area contributed by atoms with Crippen LogP contribution in [0.2, 0.25) is 0 Å². The van der Waals surface area contributed by atoms with E-state index in [-0.39, 0.29) is 11.0 Å². The molecule has 144 valence electrons. The molecule has 2 atom stereocenters. The van der Waals surface area contributed by atoms with E-state index in [1.807, 2.05) is 12.3 Å². The molecule has 0 bridgehead atoms. The van der Waals surface area contributed by atoms with Gasteiger partial charge in [0.25, 0.3) is 0 Å². The summed E-state index contributed by atoms with van der Waals surface area (Å²) in [6.07, 6.45) is 13.8. The Hall–Kier alpha value is -1.65. The van der Waals surface area contributed by atoms with E-state index in [9.17, 15) is 0 Å². The summed E-state index contributed by atoms with van der Waals surface area (Å²) in [4.78, 5) is 4.82. The maximum atomic E-state index is 6.37. The summed E-state index contributed by atoms with van der Waals surface area (Å²) in [5.74, 6) is 0. The number of rotatable bonds is 5. The quantitative estimate of drug-likeness (QED) is 0.855. The molecule has 2 fully saturated rings. The molecule has 4 heteroatoms. The first-order valence-corrected chi connectivity index (χ1v) is 10.7. The summed E-state index contributed by atoms with van der Waals surface area (Å²) in [6.45, 7) is 3.06. The maximum Gasteiger partial charge on any atom is 0.0691 e. The highest BCUT2D eigenvalue weighted by Gasteiger charge is 2.48. The monoisotopic (exact) mass is 365 g/mol. The van der Waals surface area contributed by atoms with E-state index in [0.717, 1.165) is 39.0 Å². The zero-order valence-corrected chi connectivity index (χ0v) is 16.2. The average molecular weight is 366 g/mol. The van der Waals surface area contributed by atoms with Crippen molar-refractivity contribution >= 4 is 0 Å². The molecule has 1 N–H and O–H groups in total. The first-order chi connectivity index (χ1) is 13.3. The molecule has 27 heavy (non-hydrogen) atoms. The number of aryl methyl sites for hydroxylation is 1. The third-order valence-electron chi connectivity index (χ3n) is 7.25. The first kappa shape index (κ1) is 17.4. The van der Waals surface area contributed by atoms with Crippen LogP contribution in [0, 0.1) is 0 Å². The molecule has 0 amide bonds. The average Bonchev–Trinajstić information content (AvgIpc) is 3.42. The van der Waals surface area contributed by atoms with Crippen molar-refractivity contribution in [2.24, 2.45) is 0 Å². The van der Waals surface area contributed by atoms with E-state index < -0.39 is 0 Å². The molecule has 1 saturated heterocycles. The SMILES string of the molecule is c1ccc([C@]2(CCN[C@H]3CCn4cccc43)CCOC3(CCCC3)C2)nc1. The Balaban J connectivity index is 1.33. The third-order valence-corrected chi connectivity index (χ3v) is 7.25. The molecule has 2 aromatic rings. The number of hydrogen-bond acceptors (Lipinski definition) is 3. The molecule has 3 aliphatic rings. The fourth-order valence-electron chi connectivity index (χ4n) is 5.85. The minimum Gasteiger partial charge on any atom is -0.375 e. The van der Waals surface area contributed by atoms with Crippen LogP contribution in [-0.4, -0.2) is 28.3 Å². The Morgan fingerprint density at radius 1 is 1.15 bits per heavy atom. The number of hydrogen-bond donors (Lipinski definition) is 1. The van der Waals surface area contributed by atoms with Crippen molar-refractivity contribution in [2.75, 3.05) is 13.2 Å². The van der Waals surface area contributed by atoms with Gasteiger partial charge in [0, 0.05) is 48.4 Å². The third kappa shape index (κ3) is 3.23. The van der Waals surface area contributed by atoms with Crippen LogP contribution >= 0.6 is 0 Å². The van der Waals surface area contributed by atoms with Gasteiger partial charge < -0.3 is 14.6 Å². The van der Waals surface area contributed by atoms with Crippen LogP contribution < -0.4 is 5.32 Å². The second-order valence-corrected chi connectivity index (χ2v) is 8.83. The van der Waals surface area contributed by atoms with Crippen LogP contribution in [0.5, 0.6) is 0 Å². The van der Waals surface area contributed by atoms with Crippen molar-refractivity contribution in [1.29, 1.82) is 0 Å². The van der Waals surface area contributed by atoms with Crippen LogP contribution in [0.3, 0.4) is 0 Å². The molecule has 4 heterocycles. The summed E-state index contributed by atoms with van der Waals surface area (Å²) < 4.78 is 8.75. The van der Waals surface area contributed by atoms with E-state index >= 15 is 0 Å². The molecule has 0 aromatic carbocycles. The van der Waals surface area contributed by atoms with Gasteiger partial charge in [-0.3, -0.25) is 4.98 Å². The molecular formula is C23H31N3O. The fraction of sp³-hybridized carbons (Fsp3) is 0.609. The van der Waals surface area contributed by atoms with Gasteiger partial charge in [-0.15, -0.1) is 0 Å². The Bertz CT molecular complexity index is 765. The van der Waals surface area contributed by atoms with Gasteiger partial charge in [-0.25, -0.2) is 0 Å². The van der Waals surface area contributed by atoms with Gasteiger partial charge in [0.15, 0.2) is 0 Å². The van der Waals surface area contributed by atoms with Crippen LogP contribution in [0.1, 0.15) is 68.8 Å². The zero-order chi connectivity index (χ0) is 18.2. The van der Waals surface area contributed by atoms with Crippen molar-refractivity contribution in [3.63, 3.8) is 0 Å². The van der Waals surface area contributed by atoms with Gasteiger partial charge in [0.2, 0.25) is 0 Å². The molecule has 2 aliphatic heterocycles. The molecule has 0 unspecified atom stereocenters. The number of fused-ring (bicyclic) bond motifs is 1. The van der Waals surface area contributed by atoms with Gasteiger partial charge in [0.1, 0.15) is 0 Å². The highest BCUT2D eigenvalue weighted by molar-refractivity contribution is 5.21. The predicted octanol–water partition coefficient (Wildman–Crippen LogP) is 4.37. The lowest BCUT2D eigenvalue weighted by Crippen LogP contribution is -2.47. The molecular weight excluding hydrogens is 334 g/mol. The number of nitrogens with one attached hydrogen (secondary N) is 1. The second-order valence-electron chi connectivity index (χ2n) is 8.83. The highest BCUT2D eigenvalue weighted by atomic mass is 16.5. The molecule has 1 aliphatic carbocycles. The van der Waals surface area contributed by atoms with E-state index in [1.54, 1.807) is 0 Å². The Morgan fingerprint density at radius 3 is 2.93 bits per heavy atom. The van der Waals surface area contributed by atoms with E-state index in [1.165, 1.54) is 43.5 Å². The molecule has 4 nitrogen and oxygen atoms in total. The molecule has 2 aromatic heterocycles. The number of nitrogens with zero attached hydrogens (tertiary/aromatic N) is 2. The maximum absolute atomic E-state index is 6.37. The van der Waals surface area contributed by atoms with E-state index in [0.29, 0.717) is 6.04 Å². The zero-order valence-electron chi connectivity index (χ0n) is 16.2. The van der Waals surface area contributed by atoms with Crippen molar-refractivity contribution in [3.05, 3.63) is 54.1 Å². The normalized spacial score (nSPS) is 29.3. The lowest BCUT2D eigenvalue weighted by molar-refractivity contribution is -0.104. The van der Waals surface area contributed by atoms with E-state index in [2.05, 4.69) is 40.3 Å². The largest absolute Gasteiger partial charge is 0.375 e. The van der Waals surface area contributed by atoms with Crippen LogP contribution in [0.15, 0.2) is 42.7 Å². The number of pyridine rings is 1. The summed E-state index contributed by atoms with van der Waals surface area (Å²) in [6, 6.07) is 11.4. The summed E-state index contributed by atoms with van der Waals surface area (Å²) in [7, 11) is 0. The Labute approximate surface area is 162 Å². The lowest BCUT2D eigenvalue weighted by Gasteiger charge is -2.46. The molecule has 0 radical (unpaired) electrons. The molecule has 1 saturated carbocycles. The molecule has 1 spiro atoms. The van der Waals surface area contributed by atoms with Gasteiger partial charge in [-0.1, -0.05) is 18.9 Å². The Morgan fingerprint density at radius 2 is 2.07 bits per heavy atom. The van der Waals surface area contributed by atoms with Crippen molar-refractivity contribution in [3.8, 4) is 0 Å². The van der Waals surface area contributed by atoms with E-state index in [4.69, 9.17) is 9.72 Å². The van der Waals surface area contributed by atoms with Gasteiger partial charge in [0.05, 0.1) is 5.60 Å². The van der Waals surface area contributed by atoms with Crippen molar-refractivity contribution < 1.29 is 4.74 Å². The minimum atomic E-state index is 0.109. The predicted molar refractivity (Wildman–Crippen MR) is 107 cm³/mol. The Kier molecular flexibility index (Phi) is 4.57. The van der Waals surface area contributed by atoms with Gasteiger partial charge >= 0.3 is 0 Å². The number of aromatic nitrogens is 2. The second kappa shape index (κ2) is 7.06. The van der Waals surface area contributed by atoms with Crippen LogP contribution in [0.4, 0.5) is 0 Å². The molecule has 5 rings (SSSR count). The number of ether oxygens (including phenoxy) is 1. The topological polar surface area (TPSA) is 39.1 Å². The fourth-order valence-corrected chi connectivity index (χ4v) is 5.85. The first-order valence-electron chi connectivity index (χ1n) is 10.7. The summed E-state index contributed by atoms with van der Waals surface area (Å²) in [5, 5.41) is 3.86. The van der Waals surface area contributed by atoms with Gasteiger partial charge in [-0.2, -0.15) is 0 Å². The smallest absolute Gasteiger partial charge is 0.0691 e.